The summed E-state index contributed by atoms with van der Waals surface area (Å²) in [6.45, 7) is 15.9. The van der Waals surface area contributed by atoms with Crippen LogP contribution in [0.4, 0.5) is 0 Å². The van der Waals surface area contributed by atoms with Gasteiger partial charge in [-0.25, -0.2) is 9.97 Å². The molecule has 4 aromatic rings. The predicted octanol–water partition coefficient (Wildman–Crippen LogP) is 6.48. The van der Waals surface area contributed by atoms with Crippen LogP contribution in [0.3, 0.4) is 0 Å². The minimum Gasteiger partial charge on any atom is -0.305 e. The van der Waals surface area contributed by atoms with Gasteiger partial charge in [-0.15, -0.1) is 0 Å². The Kier molecular flexibility index (Phi) is 9.37. The molecule has 0 fully saturated rings. The average molecular weight is 412 g/mol. The van der Waals surface area contributed by atoms with Crippen molar-refractivity contribution in [3.63, 3.8) is 0 Å². The Morgan fingerprint density at radius 1 is 0.759 bits per heavy atom. The highest BCUT2D eigenvalue weighted by molar-refractivity contribution is 6.33. The summed E-state index contributed by atoms with van der Waals surface area (Å²) < 4.78 is 3.84. The molecule has 0 saturated carbocycles. The molecule has 0 bridgehead atoms. The number of nitrogens with zero attached hydrogens (tertiary/aromatic N) is 5. The maximum absolute atomic E-state index is 8.87. The Labute approximate surface area is 178 Å². The second kappa shape index (κ2) is 11.2. The quantitative estimate of drug-likeness (QED) is 0.332. The number of nitriles is 1. The first-order valence-corrected chi connectivity index (χ1v) is 10.2. The van der Waals surface area contributed by atoms with Gasteiger partial charge in [0, 0.05) is 24.8 Å². The molecule has 0 aliphatic heterocycles. The van der Waals surface area contributed by atoms with E-state index in [4.69, 9.17) is 16.9 Å². The van der Waals surface area contributed by atoms with Crippen LogP contribution in [0.25, 0.3) is 11.3 Å². The van der Waals surface area contributed by atoms with Gasteiger partial charge >= 0.3 is 0 Å². The summed E-state index contributed by atoms with van der Waals surface area (Å²) in [5.74, 6) is 0. The van der Waals surface area contributed by atoms with Crippen LogP contribution in [0.5, 0.6) is 0 Å². The van der Waals surface area contributed by atoms with E-state index >= 15 is 0 Å². The fraction of sp³-hybridized carbons (Fsp3) is 0.348. The number of fused-ring (bicyclic) bond motifs is 2. The molecule has 0 aromatic carbocycles. The average Bonchev–Trinajstić information content (AvgIpc) is 3.26. The molecule has 4 rings (SSSR count). The topological polar surface area (TPSA) is 58.4 Å². The van der Waals surface area contributed by atoms with Crippen LogP contribution in [0.15, 0.2) is 36.9 Å². The summed E-state index contributed by atoms with van der Waals surface area (Å²) in [5.41, 5.74) is 6.34. The monoisotopic (exact) mass is 411 g/mol. The van der Waals surface area contributed by atoms with Gasteiger partial charge in [0.05, 0.1) is 22.0 Å². The summed E-state index contributed by atoms with van der Waals surface area (Å²) >= 11 is 5.99. The summed E-state index contributed by atoms with van der Waals surface area (Å²) in [6.07, 6.45) is 7.87. The van der Waals surface area contributed by atoms with Crippen molar-refractivity contribution in [1.82, 2.24) is 18.8 Å². The summed E-state index contributed by atoms with van der Waals surface area (Å²) in [4.78, 5) is 8.55. The molecule has 0 aliphatic carbocycles. The number of halogens is 1. The molecule has 0 unspecified atom stereocenters. The number of rotatable bonds is 0. The largest absolute Gasteiger partial charge is 0.305 e. The van der Waals surface area contributed by atoms with E-state index in [2.05, 4.69) is 16.0 Å². The van der Waals surface area contributed by atoms with Gasteiger partial charge in [-0.05, 0) is 51.0 Å². The van der Waals surface area contributed by atoms with E-state index in [1.54, 1.807) is 0 Å². The lowest BCUT2D eigenvalue weighted by molar-refractivity contribution is 1.15. The van der Waals surface area contributed by atoms with Crippen LogP contribution >= 0.6 is 11.6 Å². The normalized spacial score (nSPS) is 9.52. The third-order valence-electron chi connectivity index (χ3n) is 3.69. The molecule has 0 atom stereocenters. The van der Waals surface area contributed by atoms with E-state index in [1.807, 2.05) is 101 Å². The van der Waals surface area contributed by atoms with Gasteiger partial charge in [0.2, 0.25) is 0 Å². The highest BCUT2D eigenvalue weighted by Gasteiger charge is 2.04. The van der Waals surface area contributed by atoms with Crippen molar-refractivity contribution in [2.75, 3.05) is 0 Å². The first-order chi connectivity index (χ1) is 13.9. The number of aryl methyl sites for hydroxylation is 4. The zero-order chi connectivity index (χ0) is 22.1. The van der Waals surface area contributed by atoms with Crippen LogP contribution in [0.1, 0.15) is 55.8 Å². The summed E-state index contributed by atoms with van der Waals surface area (Å²) in [7, 11) is 0. The third kappa shape index (κ3) is 6.07. The zero-order valence-corrected chi connectivity index (χ0v) is 19.3. The fourth-order valence-corrected chi connectivity index (χ4v) is 3.07. The van der Waals surface area contributed by atoms with Gasteiger partial charge in [0.1, 0.15) is 6.07 Å². The molecule has 0 amide bonds. The molecule has 6 heteroatoms. The molecule has 29 heavy (non-hydrogen) atoms. The number of hydrogen-bond donors (Lipinski definition) is 0. The maximum Gasteiger partial charge on any atom is 0.155 e. The van der Waals surface area contributed by atoms with Gasteiger partial charge in [0.25, 0.3) is 0 Å². The van der Waals surface area contributed by atoms with Crippen LogP contribution in [0.2, 0.25) is 5.02 Å². The van der Waals surface area contributed by atoms with Crippen molar-refractivity contribution in [1.29, 1.82) is 5.26 Å². The Morgan fingerprint density at radius 3 is 1.72 bits per heavy atom. The molecular weight excluding hydrogens is 382 g/mol. The minimum absolute atomic E-state index is 0.633. The Bertz CT molecular complexity index is 1120. The Balaban J connectivity index is 0.000000248. The summed E-state index contributed by atoms with van der Waals surface area (Å²) in [5, 5.41) is 9.58. The van der Waals surface area contributed by atoms with Gasteiger partial charge in [0.15, 0.2) is 11.3 Å². The standard InChI is InChI=1S/C10H9N3.C9H9ClN2.2C2H6/c1-7-3-9(4-11)10-12-8(2)6-13(10)5-7;1-6-3-8(10)9-11-7(2)5-12(9)4-6;2*1-2/h3,5-6H,1-2H3;3-5H,1-2H3;2*1-2H3. The first kappa shape index (κ1) is 24.2. The van der Waals surface area contributed by atoms with Crippen LogP contribution < -0.4 is 0 Å². The maximum atomic E-state index is 8.87. The molecule has 4 aromatic heterocycles. The summed E-state index contributed by atoms with van der Waals surface area (Å²) in [6, 6.07) is 5.91. The third-order valence-corrected chi connectivity index (χ3v) is 3.97. The number of aromatic nitrogens is 4. The smallest absolute Gasteiger partial charge is 0.155 e. The Hall–Kier alpha value is -2.84. The van der Waals surface area contributed by atoms with Gasteiger partial charge in [-0.2, -0.15) is 5.26 Å². The van der Waals surface area contributed by atoms with Crippen molar-refractivity contribution in [2.24, 2.45) is 0 Å². The lowest BCUT2D eigenvalue weighted by Crippen LogP contribution is -1.89. The Morgan fingerprint density at radius 2 is 1.21 bits per heavy atom. The molecular formula is C23H30ClN5. The number of pyridine rings is 2. The van der Waals surface area contributed by atoms with E-state index in [0.29, 0.717) is 10.6 Å². The fourth-order valence-electron chi connectivity index (χ4n) is 2.76. The van der Waals surface area contributed by atoms with Gasteiger partial charge in [-0.3, -0.25) is 0 Å². The van der Waals surface area contributed by atoms with E-state index in [1.165, 1.54) is 0 Å². The predicted molar refractivity (Wildman–Crippen MR) is 122 cm³/mol. The van der Waals surface area contributed by atoms with E-state index in [9.17, 15) is 0 Å². The van der Waals surface area contributed by atoms with Crippen molar-refractivity contribution in [3.8, 4) is 6.07 Å². The van der Waals surface area contributed by atoms with Crippen molar-refractivity contribution >= 4 is 22.9 Å². The van der Waals surface area contributed by atoms with E-state index in [-0.39, 0.29) is 0 Å². The van der Waals surface area contributed by atoms with Crippen LogP contribution in [-0.2, 0) is 0 Å². The highest BCUT2D eigenvalue weighted by Crippen LogP contribution is 2.18. The molecule has 4 heterocycles. The first-order valence-electron chi connectivity index (χ1n) is 9.85. The van der Waals surface area contributed by atoms with E-state index in [0.717, 1.165) is 33.8 Å². The molecule has 0 saturated heterocycles. The molecule has 0 spiro atoms. The van der Waals surface area contributed by atoms with E-state index < -0.39 is 0 Å². The second-order valence-corrected chi connectivity index (χ2v) is 6.54. The molecule has 0 aliphatic rings. The lowest BCUT2D eigenvalue weighted by Gasteiger charge is -1.97. The minimum atomic E-state index is 0.633. The van der Waals surface area contributed by atoms with Crippen LogP contribution in [-0.4, -0.2) is 18.8 Å². The number of hydrogen-bond acceptors (Lipinski definition) is 3. The SMILES string of the molecule is CC.CC.Cc1cc(C#N)c2nc(C)cn2c1.Cc1cc(Cl)c2nc(C)cn2c1. The molecule has 154 valence electrons. The van der Waals surface area contributed by atoms with Crippen molar-refractivity contribution < 1.29 is 0 Å². The van der Waals surface area contributed by atoms with Crippen molar-refractivity contribution in [2.45, 2.75) is 55.4 Å². The van der Waals surface area contributed by atoms with Gasteiger partial charge < -0.3 is 8.80 Å². The van der Waals surface area contributed by atoms with Crippen LogP contribution in [0, 0.1) is 39.0 Å². The zero-order valence-electron chi connectivity index (χ0n) is 18.6. The molecule has 0 N–H and O–H groups in total. The van der Waals surface area contributed by atoms with Gasteiger partial charge in [-0.1, -0.05) is 39.3 Å². The number of imidazole rings is 2. The highest BCUT2D eigenvalue weighted by atomic mass is 35.5. The van der Waals surface area contributed by atoms with Crippen molar-refractivity contribution in [3.05, 3.63) is 70.0 Å². The lowest BCUT2D eigenvalue weighted by atomic mass is 10.2. The molecule has 5 nitrogen and oxygen atoms in total. The molecule has 0 radical (unpaired) electrons. The second-order valence-electron chi connectivity index (χ2n) is 6.13.